The summed E-state index contributed by atoms with van der Waals surface area (Å²) >= 11 is 0. The van der Waals surface area contributed by atoms with Gasteiger partial charge in [-0.05, 0) is 31.6 Å². The zero-order valence-electron chi connectivity index (χ0n) is 11.8. The third-order valence-electron chi connectivity index (χ3n) is 3.58. The molecule has 0 aromatic rings. The molecule has 0 radical (unpaired) electrons. The van der Waals surface area contributed by atoms with Gasteiger partial charge in [-0.25, -0.2) is 0 Å². The first-order valence-corrected chi connectivity index (χ1v) is 6.98. The van der Waals surface area contributed by atoms with Crippen molar-refractivity contribution in [3.63, 3.8) is 0 Å². The van der Waals surface area contributed by atoms with E-state index in [0.29, 0.717) is 0 Å². The Balaban J connectivity index is 2.23. The van der Waals surface area contributed by atoms with E-state index in [9.17, 15) is 9.59 Å². The highest BCUT2D eigenvalue weighted by Crippen LogP contribution is 2.16. The molecule has 0 spiro atoms. The summed E-state index contributed by atoms with van der Waals surface area (Å²) < 4.78 is 0. The normalized spacial score (nSPS) is 24.9. The van der Waals surface area contributed by atoms with Crippen LogP contribution in [0.4, 0.5) is 0 Å². The first-order valence-electron chi connectivity index (χ1n) is 6.98. The van der Waals surface area contributed by atoms with Crippen LogP contribution in [0.3, 0.4) is 0 Å². The van der Waals surface area contributed by atoms with Gasteiger partial charge in [0, 0.05) is 12.1 Å². The fourth-order valence-electron chi connectivity index (χ4n) is 2.13. The van der Waals surface area contributed by atoms with Gasteiger partial charge in [0.05, 0.1) is 12.6 Å². The predicted molar refractivity (Wildman–Crippen MR) is 74.2 cm³/mol. The van der Waals surface area contributed by atoms with Gasteiger partial charge in [-0.1, -0.05) is 13.8 Å². The van der Waals surface area contributed by atoms with Crippen LogP contribution in [0.2, 0.25) is 0 Å². The van der Waals surface area contributed by atoms with Crippen LogP contribution in [0.5, 0.6) is 0 Å². The molecular weight excluding hydrogens is 244 g/mol. The number of carbonyl (C=O) groups is 2. The Morgan fingerprint density at radius 3 is 2.32 bits per heavy atom. The highest BCUT2D eigenvalue weighted by atomic mass is 16.2. The molecule has 2 amide bonds. The molecule has 0 heterocycles. The Labute approximate surface area is 114 Å². The smallest absolute Gasteiger partial charge is 0.239 e. The Morgan fingerprint density at radius 2 is 1.79 bits per heavy atom. The number of carbonyl (C=O) groups excluding carboxylic acids is 2. The fourth-order valence-corrected chi connectivity index (χ4v) is 2.13. The largest absolute Gasteiger partial charge is 0.352 e. The molecule has 1 aliphatic carbocycles. The lowest BCUT2D eigenvalue weighted by atomic mass is 9.92. The van der Waals surface area contributed by atoms with Crippen LogP contribution in [-0.2, 0) is 9.59 Å². The molecule has 110 valence electrons. The number of hydrogen-bond acceptors (Lipinski definition) is 4. The summed E-state index contributed by atoms with van der Waals surface area (Å²) in [5, 5.41) is 5.47. The van der Waals surface area contributed by atoms with Gasteiger partial charge in [0.1, 0.15) is 0 Å². The maximum Gasteiger partial charge on any atom is 0.239 e. The minimum atomic E-state index is -0.569. The van der Waals surface area contributed by atoms with Gasteiger partial charge in [-0.2, -0.15) is 0 Å². The molecular formula is C13H26N4O2. The number of nitrogens with two attached hydrogens (primary N) is 2. The summed E-state index contributed by atoms with van der Waals surface area (Å²) in [5.41, 5.74) is 11.5. The van der Waals surface area contributed by atoms with E-state index in [1.54, 1.807) is 0 Å². The molecule has 0 unspecified atom stereocenters. The average Bonchev–Trinajstić information content (AvgIpc) is 2.37. The minimum Gasteiger partial charge on any atom is -0.352 e. The molecule has 1 fully saturated rings. The zero-order valence-corrected chi connectivity index (χ0v) is 11.8. The summed E-state index contributed by atoms with van der Waals surface area (Å²) in [4.78, 5) is 23.3. The Bertz CT molecular complexity index is 312. The van der Waals surface area contributed by atoms with E-state index >= 15 is 0 Å². The molecule has 1 atom stereocenters. The van der Waals surface area contributed by atoms with Gasteiger partial charge >= 0.3 is 0 Å². The first kappa shape index (κ1) is 15.9. The molecule has 6 N–H and O–H groups in total. The van der Waals surface area contributed by atoms with Crippen molar-refractivity contribution in [2.45, 2.75) is 57.7 Å². The predicted octanol–water partition coefficient (Wildman–Crippen LogP) is -0.528. The average molecular weight is 270 g/mol. The minimum absolute atomic E-state index is 0.0121. The van der Waals surface area contributed by atoms with E-state index in [1.165, 1.54) is 0 Å². The maximum atomic E-state index is 11.7. The summed E-state index contributed by atoms with van der Waals surface area (Å²) in [6.45, 7) is 3.73. The Morgan fingerprint density at radius 1 is 1.21 bits per heavy atom. The molecule has 1 rings (SSSR count). The van der Waals surface area contributed by atoms with Crippen molar-refractivity contribution in [2.24, 2.45) is 17.4 Å². The lowest BCUT2D eigenvalue weighted by Gasteiger charge is -2.27. The quantitative estimate of drug-likeness (QED) is 0.538. The first-order chi connectivity index (χ1) is 8.90. The van der Waals surface area contributed by atoms with Crippen molar-refractivity contribution < 1.29 is 9.59 Å². The third-order valence-corrected chi connectivity index (χ3v) is 3.58. The van der Waals surface area contributed by atoms with Crippen molar-refractivity contribution in [1.29, 1.82) is 0 Å². The molecule has 0 aliphatic heterocycles. The van der Waals surface area contributed by atoms with Crippen molar-refractivity contribution >= 4 is 11.8 Å². The monoisotopic (exact) mass is 270 g/mol. The molecule has 1 aliphatic rings. The van der Waals surface area contributed by atoms with Gasteiger partial charge in [0.15, 0.2) is 0 Å². The van der Waals surface area contributed by atoms with Crippen LogP contribution in [0.25, 0.3) is 0 Å². The van der Waals surface area contributed by atoms with Crippen LogP contribution >= 0.6 is 0 Å². The number of amides is 2. The molecule has 0 bridgehead atoms. The van der Waals surface area contributed by atoms with Crippen LogP contribution in [0.1, 0.15) is 39.5 Å². The SMILES string of the molecule is CC(C)[C@H](N)C(=O)NCC(=O)NC1CCC(N)CC1. The highest BCUT2D eigenvalue weighted by Gasteiger charge is 2.21. The topological polar surface area (TPSA) is 110 Å². The number of nitrogens with one attached hydrogen (secondary N) is 2. The van der Waals surface area contributed by atoms with Crippen LogP contribution in [0, 0.1) is 5.92 Å². The number of hydrogen-bond donors (Lipinski definition) is 4. The Kier molecular flexibility index (Phi) is 6.24. The highest BCUT2D eigenvalue weighted by molar-refractivity contribution is 5.87. The van der Waals surface area contributed by atoms with Crippen LogP contribution in [-0.4, -0.2) is 36.5 Å². The van der Waals surface area contributed by atoms with Crippen molar-refractivity contribution in [3.05, 3.63) is 0 Å². The van der Waals surface area contributed by atoms with E-state index in [2.05, 4.69) is 10.6 Å². The molecule has 0 aromatic heterocycles. The fraction of sp³-hybridized carbons (Fsp3) is 0.846. The summed E-state index contributed by atoms with van der Waals surface area (Å²) in [7, 11) is 0. The molecule has 1 saturated carbocycles. The van der Waals surface area contributed by atoms with Crippen molar-refractivity contribution in [3.8, 4) is 0 Å². The number of rotatable bonds is 5. The maximum absolute atomic E-state index is 11.7. The van der Waals surface area contributed by atoms with E-state index in [1.807, 2.05) is 13.8 Å². The van der Waals surface area contributed by atoms with Gasteiger partial charge in [0.2, 0.25) is 11.8 Å². The molecule has 19 heavy (non-hydrogen) atoms. The standard InChI is InChI=1S/C13H26N4O2/c1-8(2)12(15)13(19)16-7-11(18)17-10-5-3-9(14)4-6-10/h8-10,12H,3-7,14-15H2,1-2H3,(H,16,19)(H,17,18)/t9?,10?,12-/m0/s1. The lowest BCUT2D eigenvalue weighted by Crippen LogP contribution is -2.49. The van der Waals surface area contributed by atoms with Crippen LogP contribution < -0.4 is 22.1 Å². The van der Waals surface area contributed by atoms with Gasteiger partial charge in [0.25, 0.3) is 0 Å². The Hall–Kier alpha value is -1.14. The van der Waals surface area contributed by atoms with Crippen molar-refractivity contribution in [1.82, 2.24) is 10.6 Å². The molecule has 0 saturated heterocycles. The van der Waals surface area contributed by atoms with Crippen molar-refractivity contribution in [2.75, 3.05) is 6.54 Å². The van der Waals surface area contributed by atoms with Gasteiger partial charge in [-0.15, -0.1) is 0 Å². The third kappa shape index (κ3) is 5.57. The van der Waals surface area contributed by atoms with Crippen LogP contribution in [0.15, 0.2) is 0 Å². The van der Waals surface area contributed by atoms with E-state index in [0.717, 1.165) is 25.7 Å². The zero-order chi connectivity index (χ0) is 14.4. The summed E-state index contributed by atoms with van der Waals surface area (Å²) in [6.07, 6.45) is 3.70. The van der Waals surface area contributed by atoms with E-state index < -0.39 is 6.04 Å². The molecule has 0 aromatic carbocycles. The van der Waals surface area contributed by atoms with Gasteiger partial charge in [-0.3, -0.25) is 9.59 Å². The second-order valence-electron chi connectivity index (χ2n) is 5.67. The summed E-state index contributed by atoms with van der Waals surface area (Å²) in [6, 6.07) is -0.125. The lowest BCUT2D eigenvalue weighted by molar-refractivity contribution is -0.127. The molecule has 6 heteroatoms. The summed E-state index contributed by atoms with van der Waals surface area (Å²) in [5.74, 6) is -0.386. The molecule has 6 nitrogen and oxygen atoms in total. The van der Waals surface area contributed by atoms with Gasteiger partial charge < -0.3 is 22.1 Å². The second kappa shape index (κ2) is 7.45. The second-order valence-corrected chi connectivity index (χ2v) is 5.67. The van der Waals surface area contributed by atoms with E-state index in [4.69, 9.17) is 11.5 Å². The van der Waals surface area contributed by atoms with E-state index in [-0.39, 0.29) is 36.4 Å².